The fourth-order valence-electron chi connectivity index (χ4n) is 4.03. The zero-order chi connectivity index (χ0) is 27.5. The lowest BCUT2D eigenvalue weighted by Crippen LogP contribution is -2.35. The van der Waals surface area contributed by atoms with Crippen molar-refractivity contribution < 1.29 is 28.6 Å². The highest BCUT2D eigenvalue weighted by Gasteiger charge is 2.16. The molecule has 0 saturated carbocycles. The number of rotatable bonds is 14. The summed E-state index contributed by atoms with van der Waals surface area (Å²) in [6, 6.07) is 11.7. The fraction of sp³-hybridized carbons (Fsp3) is 0.393. The van der Waals surface area contributed by atoms with Crippen LogP contribution in [-0.4, -0.2) is 55.7 Å². The molecule has 10 nitrogen and oxygen atoms in total. The number of hydrogen-bond acceptors (Lipinski definition) is 8. The zero-order valence-electron chi connectivity index (χ0n) is 22.7. The second-order valence-corrected chi connectivity index (χ2v) is 9.02. The number of methoxy groups -OCH3 is 1. The SMILES string of the molecule is COc1ccc2[nH]c(C)c(CC(=O)Oc3ccc(CC(=O)NCCOC(=O)C(N)CCCCN)cc3)c2c1.Cl.Cl. The molecule has 0 spiro atoms. The zero-order valence-corrected chi connectivity index (χ0v) is 24.3. The lowest BCUT2D eigenvalue weighted by molar-refractivity contribution is -0.145. The van der Waals surface area contributed by atoms with Gasteiger partial charge in [0, 0.05) is 16.6 Å². The predicted octanol–water partition coefficient (Wildman–Crippen LogP) is 3.13. The number of H-pyrrole nitrogens is 1. The monoisotopic (exact) mass is 596 g/mol. The Morgan fingerprint density at radius 2 is 1.70 bits per heavy atom. The Kier molecular flexibility index (Phi) is 15.1. The summed E-state index contributed by atoms with van der Waals surface area (Å²) < 4.78 is 15.9. The third kappa shape index (κ3) is 10.3. The van der Waals surface area contributed by atoms with E-state index in [1.807, 2.05) is 25.1 Å². The van der Waals surface area contributed by atoms with Crippen molar-refractivity contribution in [1.82, 2.24) is 10.3 Å². The molecule has 40 heavy (non-hydrogen) atoms. The Morgan fingerprint density at radius 1 is 1.00 bits per heavy atom. The van der Waals surface area contributed by atoms with Gasteiger partial charge in [-0.25, -0.2) is 0 Å². The molecule has 1 heterocycles. The Labute approximate surface area is 246 Å². The van der Waals surface area contributed by atoms with Gasteiger partial charge >= 0.3 is 11.9 Å². The Balaban J connectivity index is 0.00000400. The number of unbranched alkanes of at least 4 members (excludes halogenated alkanes) is 1. The lowest BCUT2D eigenvalue weighted by Gasteiger charge is -2.11. The number of hydrogen-bond donors (Lipinski definition) is 4. The molecular formula is C28H38Cl2N4O6. The minimum atomic E-state index is -0.681. The van der Waals surface area contributed by atoms with Crippen LogP contribution in [-0.2, 0) is 32.0 Å². The molecule has 3 rings (SSSR count). The molecule has 3 aromatic rings. The van der Waals surface area contributed by atoms with E-state index >= 15 is 0 Å². The molecule has 1 atom stereocenters. The molecule has 220 valence electrons. The van der Waals surface area contributed by atoms with E-state index in [1.165, 1.54) is 0 Å². The standard InChI is InChI=1S/C28H36N4O6.2ClH/c1-18-22(23-16-21(36-2)10-11-25(23)32-18)17-27(34)38-20-8-6-19(7-9-20)15-26(33)31-13-14-37-28(35)24(30)5-3-4-12-29;;/h6-11,16,24,32H,3-5,12-15,17,29-30H2,1-2H3,(H,31,33);2*1H. The second kappa shape index (κ2) is 17.4. The number of ether oxygens (including phenoxy) is 3. The van der Waals surface area contributed by atoms with E-state index in [0.717, 1.165) is 40.6 Å². The van der Waals surface area contributed by atoms with Crippen LogP contribution in [0.5, 0.6) is 11.5 Å². The van der Waals surface area contributed by atoms with Crippen molar-refractivity contribution in [2.45, 2.75) is 45.1 Å². The van der Waals surface area contributed by atoms with Crippen molar-refractivity contribution in [2.24, 2.45) is 11.5 Å². The number of carbonyl (C=O) groups is 3. The molecule has 0 aliphatic heterocycles. The van der Waals surface area contributed by atoms with Gasteiger partial charge in [0.1, 0.15) is 24.1 Å². The van der Waals surface area contributed by atoms with Gasteiger partial charge in [0.2, 0.25) is 5.91 Å². The van der Waals surface area contributed by atoms with Crippen LogP contribution in [0.1, 0.15) is 36.1 Å². The van der Waals surface area contributed by atoms with Gasteiger partial charge in [-0.05, 0) is 67.8 Å². The van der Waals surface area contributed by atoms with Crippen molar-refractivity contribution in [3.63, 3.8) is 0 Å². The molecule has 1 unspecified atom stereocenters. The van der Waals surface area contributed by atoms with Crippen LogP contribution in [0.4, 0.5) is 0 Å². The molecule has 1 aromatic heterocycles. The third-order valence-corrected chi connectivity index (χ3v) is 6.11. The first-order valence-electron chi connectivity index (χ1n) is 12.6. The van der Waals surface area contributed by atoms with Crippen LogP contribution in [0.25, 0.3) is 10.9 Å². The van der Waals surface area contributed by atoms with E-state index in [2.05, 4.69) is 10.3 Å². The van der Waals surface area contributed by atoms with Crippen molar-refractivity contribution in [2.75, 3.05) is 26.8 Å². The second-order valence-electron chi connectivity index (χ2n) is 9.02. The summed E-state index contributed by atoms with van der Waals surface area (Å²) in [6.45, 7) is 2.71. The maximum Gasteiger partial charge on any atom is 0.322 e. The fourth-order valence-corrected chi connectivity index (χ4v) is 4.03. The van der Waals surface area contributed by atoms with E-state index < -0.39 is 18.0 Å². The quantitative estimate of drug-likeness (QED) is 0.125. The molecular weight excluding hydrogens is 559 g/mol. The minimum absolute atomic E-state index is 0. The van der Waals surface area contributed by atoms with Crippen molar-refractivity contribution in [3.8, 4) is 11.5 Å². The van der Waals surface area contributed by atoms with E-state index in [9.17, 15) is 14.4 Å². The molecule has 1 amide bonds. The van der Waals surface area contributed by atoms with E-state index in [1.54, 1.807) is 31.4 Å². The van der Waals surface area contributed by atoms with E-state index in [4.69, 9.17) is 25.7 Å². The number of halogens is 2. The summed E-state index contributed by atoms with van der Waals surface area (Å²) in [5, 5.41) is 3.62. The van der Waals surface area contributed by atoms with E-state index in [0.29, 0.717) is 24.5 Å². The van der Waals surface area contributed by atoms with Crippen LogP contribution in [0.2, 0.25) is 0 Å². The molecule has 0 fully saturated rings. The number of carbonyl (C=O) groups excluding carboxylic acids is 3. The number of aryl methyl sites for hydroxylation is 1. The lowest BCUT2D eigenvalue weighted by atomic mass is 10.1. The summed E-state index contributed by atoms with van der Waals surface area (Å²) in [7, 11) is 1.60. The van der Waals surface area contributed by atoms with Gasteiger partial charge in [-0.15, -0.1) is 24.8 Å². The number of aromatic nitrogens is 1. The number of nitrogens with two attached hydrogens (primary N) is 2. The van der Waals surface area contributed by atoms with Crippen molar-refractivity contribution in [1.29, 1.82) is 0 Å². The van der Waals surface area contributed by atoms with Crippen LogP contribution in [0, 0.1) is 6.92 Å². The third-order valence-electron chi connectivity index (χ3n) is 6.11. The first-order valence-corrected chi connectivity index (χ1v) is 12.6. The average Bonchev–Trinajstić information content (AvgIpc) is 3.21. The van der Waals surface area contributed by atoms with Gasteiger partial charge in [-0.3, -0.25) is 14.4 Å². The maximum absolute atomic E-state index is 12.6. The van der Waals surface area contributed by atoms with Gasteiger partial charge in [0.05, 0.1) is 26.5 Å². The van der Waals surface area contributed by atoms with Gasteiger partial charge in [-0.2, -0.15) is 0 Å². The van der Waals surface area contributed by atoms with Gasteiger partial charge < -0.3 is 36.0 Å². The summed E-state index contributed by atoms with van der Waals surface area (Å²) >= 11 is 0. The van der Waals surface area contributed by atoms with Crippen molar-refractivity contribution in [3.05, 3.63) is 59.3 Å². The van der Waals surface area contributed by atoms with Gasteiger partial charge in [0.25, 0.3) is 0 Å². The maximum atomic E-state index is 12.6. The highest BCUT2D eigenvalue weighted by Crippen LogP contribution is 2.27. The smallest absolute Gasteiger partial charge is 0.322 e. The number of nitrogens with one attached hydrogen (secondary N) is 2. The van der Waals surface area contributed by atoms with Gasteiger partial charge in [0.15, 0.2) is 0 Å². The topological polar surface area (TPSA) is 159 Å². The normalized spacial score (nSPS) is 11.1. The first-order chi connectivity index (χ1) is 18.3. The Morgan fingerprint density at radius 3 is 2.38 bits per heavy atom. The molecule has 0 radical (unpaired) electrons. The number of fused-ring (bicyclic) bond motifs is 1. The summed E-state index contributed by atoms with van der Waals surface area (Å²) in [5.41, 5.74) is 14.6. The Hall–Kier alpha value is -3.31. The number of benzene rings is 2. The number of esters is 2. The average molecular weight is 598 g/mol. The van der Waals surface area contributed by atoms with Crippen LogP contribution >= 0.6 is 24.8 Å². The van der Waals surface area contributed by atoms with Crippen molar-refractivity contribution >= 4 is 53.6 Å². The predicted molar refractivity (Wildman–Crippen MR) is 158 cm³/mol. The summed E-state index contributed by atoms with van der Waals surface area (Å²) in [6.07, 6.45) is 2.33. The van der Waals surface area contributed by atoms with E-state index in [-0.39, 0.29) is 56.7 Å². The minimum Gasteiger partial charge on any atom is -0.497 e. The summed E-state index contributed by atoms with van der Waals surface area (Å²) in [5.74, 6) is 0.00850. The molecule has 6 N–H and O–H groups in total. The number of aromatic amines is 1. The first kappa shape index (κ1) is 34.7. The molecule has 0 aliphatic rings. The van der Waals surface area contributed by atoms with Crippen LogP contribution in [0.3, 0.4) is 0 Å². The van der Waals surface area contributed by atoms with Gasteiger partial charge in [-0.1, -0.05) is 18.6 Å². The van der Waals surface area contributed by atoms with Crippen LogP contribution in [0.15, 0.2) is 42.5 Å². The Bertz CT molecular complexity index is 1250. The highest BCUT2D eigenvalue weighted by atomic mass is 35.5. The molecule has 0 aliphatic carbocycles. The number of amides is 1. The molecule has 0 bridgehead atoms. The molecule has 12 heteroatoms. The summed E-state index contributed by atoms with van der Waals surface area (Å²) in [4.78, 5) is 39.9. The largest absolute Gasteiger partial charge is 0.497 e. The molecule has 0 saturated heterocycles. The highest BCUT2D eigenvalue weighted by molar-refractivity contribution is 5.90. The molecule has 2 aromatic carbocycles. The van der Waals surface area contributed by atoms with Crippen LogP contribution < -0.4 is 26.3 Å².